The predicted molar refractivity (Wildman–Crippen MR) is 68.8 cm³/mol. The standard InChI is InChI=1S/C11H14N4O3S/c1-19(16,17)7-5-8(12)11-14-10(15-18-11)9-4-2-3-6-13-9/h2-4,6,8H,5,7,12H2,1H3/t8-/m1/s1. The maximum atomic E-state index is 11.1. The molecule has 0 aliphatic heterocycles. The van der Waals surface area contributed by atoms with E-state index in [1.165, 1.54) is 0 Å². The van der Waals surface area contributed by atoms with Crippen molar-refractivity contribution in [3.63, 3.8) is 0 Å². The second kappa shape index (κ2) is 5.45. The van der Waals surface area contributed by atoms with E-state index >= 15 is 0 Å². The molecule has 2 aromatic rings. The molecular weight excluding hydrogens is 268 g/mol. The zero-order valence-electron chi connectivity index (χ0n) is 10.4. The first kappa shape index (κ1) is 13.6. The molecule has 7 nitrogen and oxygen atoms in total. The van der Waals surface area contributed by atoms with E-state index < -0.39 is 15.9 Å². The molecule has 0 bridgehead atoms. The summed E-state index contributed by atoms with van der Waals surface area (Å²) in [5.74, 6) is 0.532. The Bertz CT molecular complexity index is 639. The Balaban J connectivity index is 2.09. The van der Waals surface area contributed by atoms with Crippen molar-refractivity contribution < 1.29 is 12.9 Å². The van der Waals surface area contributed by atoms with Crippen LogP contribution in [-0.4, -0.2) is 35.6 Å². The second-order valence-electron chi connectivity index (χ2n) is 4.20. The van der Waals surface area contributed by atoms with Gasteiger partial charge in [-0.1, -0.05) is 11.2 Å². The fraction of sp³-hybridized carbons (Fsp3) is 0.364. The van der Waals surface area contributed by atoms with Crippen LogP contribution in [0.1, 0.15) is 18.4 Å². The molecule has 0 unspecified atom stereocenters. The zero-order chi connectivity index (χ0) is 13.9. The van der Waals surface area contributed by atoms with Gasteiger partial charge in [-0.15, -0.1) is 0 Å². The first-order valence-electron chi connectivity index (χ1n) is 5.64. The smallest absolute Gasteiger partial charge is 0.243 e. The van der Waals surface area contributed by atoms with E-state index in [-0.39, 0.29) is 18.1 Å². The number of hydrogen-bond acceptors (Lipinski definition) is 7. The summed E-state index contributed by atoms with van der Waals surface area (Å²) in [5.41, 5.74) is 6.39. The molecule has 8 heteroatoms. The molecular formula is C11H14N4O3S. The van der Waals surface area contributed by atoms with Gasteiger partial charge in [0, 0.05) is 12.5 Å². The lowest BCUT2D eigenvalue weighted by atomic mass is 10.2. The average Bonchev–Trinajstić information content (AvgIpc) is 2.86. The summed E-state index contributed by atoms with van der Waals surface area (Å²) < 4.78 is 27.1. The number of rotatable bonds is 5. The minimum Gasteiger partial charge on any atom is -0.337 e. The topological polar surface area (TPSA) is 112 Å². The summed E-state index contributed by atoms with van der Waals surface area (Å²) in [6.45, 7) is 0. The fourth-order valence-corrected chi connectivity index (χ4v) is 2.13. The van der Waals surface area contributed by atoms with Gasteiger partial charge in [0.1, 0.15) is 15.5 Å². The largest absolute Gasteiger partial charge is 0.337 e. The Morgan fingerprint density at radius 1 is 1.42 bits per heavy atom. The Labute approximate surface area is 110 Å². The molecule has 0 radical (unpaired) electrons. The van der Waals surface area contributed by atoms with Crippen molar-refractivity contribution in [3.05, 3.63) is 30.3 Å². The Hall–Kier alpha value is -1.80. The van der Waals surface area contributed by atoms with E-state index in [2.05, 4.69) is 15.1 Å². The average molecular weight is 282 g/mol. The Morgan fingerprint density at radius 2 is 2.21 bits per heavy atom. The van der Waals surface area contributed by atoms with Gasteiger partial charge in [-0.05, 0) is 18.6 Å². The monoisotopic (exact) mass is 282 g/mol. The summed E-state index contributed by atoms with van der Waals surface area (Å²) >= 11 is 0. The third kappa shape index (κ3) is 3.83. The molecule has 0 aliphatic carbocycles. The summed E-state index contributed by atoms with van der Waals surface area (Å²) in [4.78, 5) is 8.21. The van der Waals surface area contributed by atoms with E-state index in [1.807, 2.05) is 6.07 Å². The first-order valence-corrected chi connectivity index (χ1v) is 7.70. The van der Waals surface area contributed by atoms with Crippen molar-refractivity contribution in [2.24, 2.45) is 5.73 Å². The van der Waals surface area contributed by atoms with Gasteiger partial charge < -0.3 is 10.3 Å². The van der Waals surface area contributed by atoms with Gasteiger partial charge in [0.15, 0.2) is 0 Å². The maximum Gasteiger partial charge on any atom is 0.243 e. The lowest BCUT2D eigenvalue weighted by Crippen LogP contribution is -2.16. The quantitative estimate of drug-likeness (QED) is 0.852. The van der Waals surface area contributed by atoms with Gasteiger partial charge in [0.05, 0.1) is 11.8 Å². The minimum atomic E-state index is -3.05. The van der Waals surface area contributed by atoms with E-state index in [9.17, 15) is 8.42 Å². The highest BCUT2D eigenvalue weighted by Crippen LogP contribution is 2.17. The molecule has 1 atom stereocenters. The van der Waals surface area contributed by atoms with Crippen LogP contribution in [0.2, 0.25) is 0 Å². The Kier molecular flexibility index (Phi) is 3.91. The van der Waals surface area contributed by atoms with E-state index in [4.69, 9.17) is 10.3 Å². The molecule has 0 saturated heterocycles. The van der Waals surface area contributed by atoms with Gasteiger partial charge in [0.25, 0.3) is 0 Å². The number of nitrogens with zero attached hydrogens (tertiary/aromatic N) is 3. The SMILES string of the molecule is CS(=O)(=O)CC[C@@H](N)c1nc(-c2ccccn2)no1. The van der Waals surface area contributed by atoms with Crippen LogP contribution in [0.3, 0.4) is 0 Å². The number of pyridine rings is 1. The van der Waals surface area contributed by atoms with Crippen LogP contribution in [-0.2, 0) is 9.84 Å². The van der Waals surface area contributed by atoms with Crippen LogP contribution in [0, 0.1) is 0 Å². The van der Waals surface area contributed by atoms with Crippen LogP contribution >= 0.6 is 0 Å². The highest BCUT2D eigenvalue weighted by molar-refractivity contribution is 7.90. The van der Waals surface area contributed by atoms with Crippen molar-refractivity contribution in [3.8, 4) is 11.5 Å². The molecule has 102 valence electrons. The number of hydrogen-bond donors (Lipinski definition) is 1. The summed E-state index contributed by atoms with van der Waals surface area (Å²) in [6, 6.07) is 4.74. The van der Waals surface area contributed by atoms with Crippen molar-refractivity contribution in [1.82, 2.24) is 15.1 Å². The van der Waals surface area contributed by atoms with Crippen molar-refractivity contribution in [1.29, 1.82) is 0 Å². The van der Waals surface area contributed by atoms with Crippen molar-refractivity contribution in [2.75, 3.05) is 12.0 Å². The fourth-order valence-electron chi connectivity index (χ4n) is 1.45. The highest BCUT2D eigenvalue weighted by Gasteiger charge is 2.17. The van der Waals surface area contributed by atoms with Gasteiger partial charge >= 0.3 is 0 Å². The van der Waals surface area contributed by atoms with Gasteiger partial charge in [0.2, 0.25) is 11.7 Å². The lowest BCUT2D eigenvalue weighted by molar-refractivity contribution is 0.352. The number of nitrogens with two attached hydrogens (primary N) is 1. The summed E-state index contributed by atoms with van der Waals surface area (Å²) in [7, 11) is -3.05. The van der Waals surface area contributed by atoms with Crippen LogP contribution in [0.15, 0.2) is 28.9 Å². The molecule has 0 fully saturated rings. The molecule has 0 aromatic carbocycles. The normalized spacial score (nSPS) is 13.4. The molecule has 2 rings (SSSR count). The third-order valence-electron chi connectivity index (χ3n) is 2.45. The molecule has 0 amide bonds. The molecule has 0 spiro atoms. The number of sulfone groups is 1. The van der Waals surface area contributed by atoms with Crippen LogP contribution in [0.4, 0.5) is 0 Å². The lowest BCUT2D eigenvalue weighted by Gasteiger charge is -2.04. The maximum absolute atomic E-state index is 11.1. The summed E-state index contributed by atoms with van der Waals surface area (Å²) in [5, 5.41) is 3.77. The van der Waals surface area contributed by atoms with Crippen molar-refractivity contribution in [2.45, 2.75) is 12.5 Å². The van der Waals surface area contributed by atoms with Gasteiger partial charge in [-0.2, -0.15) is 4.98 Å². The minimum absolute atomic E-state index is 0.0184. The molecule has 19 heavy (non-hydrogen) atoms. The van der Waals surface area contributed by atoms with Crippen LogP contribution < -0.4 is 5.73 Å². The van der Waals surface area contributed by atoms with E-state index in [0.717, 1.165) is 6.26 Å². The van der Waals surface area contributed by atoms with Gasteiger partial charge in [-0.25, -0.2) is 8.42 Å². The van der Waals surface area contributed by atoms with E-state index in [0.29, 0.717) is 11.5 Å². The van der Waals surface area contributed by atoms with Crippen LogP contribution in [0.5, 0.6) is 0 Å². The molecule has 2 heterocycles. The molecule has 0 saturated carbocycles. The van der Waals surface area contributed by atoms with Crippen LogP contribution in [0.25, 0.3) is 11.5 Å². The zero-order valence-corrected chi connectivity index (χ0v) is 11.2. The first-order chi connectivity index (χ1) is 8.96. The van der Waals surface area contributed by atoms with E-state index in [1.54, 1.807) is 18.3 Å². The third-order valence-corrected chi connectivity index (χ3v) is 3.43. The van der Waals surface area contributed by atoms with Crippen molar-refractivity contribution >= 4 is 9.84 Å². The molecule has 0 aliphatic rings. The molecule has 2 aromatic heterocycles. The number of aromatic nitrogens is 3. The predicted octanol–water partition coefficient (Wildman–Crippen LogP) is 0.566. The van der Waals surface area contributed by atoms with Gasteiger partial charge in [-0.3, -0.25) is 4.98 Å². The second-order valence-corrected chi connectivity index (χ2v) is 6.46. The summed E-state index contributed by atoms with van der Waals surface area (Å²) in [6.07, 6.45) is 3.02. The molecule has 2 N–H and O–H groups in total. The Morgan fingerprint density at radius 3 is 2.84 bits per heavy atom. The highest BCUT2D eigenvalue weighted by atomic mass is 32.2.